The van der Waals surface area contributed by atoms with Gasteiger partial charge in [0.2, 0.25) is 0 Å². The normalized spacial score (nSPS) is 16.2. The van der Waals surface area contributed by atoms with Crippen LogP contribution in [-0.2, 0) is 16.0 Å². The summed E-state index contributed by atoms with van der Waals surface area (Å²) in [6, 6.07) is 6.28. The van der Waals surface area contributed by atoms with Gasteiger partial charge in [-0.3, -0.25) is 4.79 Å². The Morgan fingerprint density at radius 3 is 2.36 bits per heavy atom. The number of benzene rings is 1. The van der Waals surface area contributed by atoms with Gasteiger partial charge in [0.05, 0.1) is 0 Å². The van der Waals surface area contributed by atoms with Crippen LogP contribution >= 0.6 is 0 Å². The first-order valence-corrected chi connectivity index (χ1v) is 8.49. The minimum absolute atomic E-state index is 0.347. The summed E-state index contributed by atoms with van der Waals surface area (Å²) < 4.78 is 10.6. The zero-order valence-electron chi connectivity index (χ0n) is 15.1. The molecule has 0 bridgehead atoms. The van der Waals surface area contributed by atoms with Gasteiger partial charge in [0.1, 0.15) is 17.4 Å². The molecule has 1 aliphatic rings. The van der Waals surface area contributed by atoms with Crippen molar-refractivity contribution in [2.45, 2.75) is 38.8 Å². The highest BCUT2D eigenvalue weighted by atomic mass is 16.6. The van der Waals surface area contributed by atoms with E-state index < -0.39 is 17.6 Å². The van der Waals surface area contributed by atoms with E-state index in [4.69, 9.17) is 15.2 Å². The Kier molecular flexibility index (Phi) is 6.39. The van der Waals surface area contributed by atoms with Gasteiger partial charge >= 0.3 is 12.1 Å². The van der Waals surface area contributed by atoms with Crippen molar-refractivity contribution in [2.75, 3.05) is 26.2 Å². The number of ether oxygens (including phenoxy) is 2. The Hall–Kier alpha value is -2.12. The van der Waals surface area contributed by atoms with Gasteiger partial charge in [-0.2, -0.15) is 0 Å². The van der Waals surface area contributed by atoms with Crippen LogP contribution in [0.25, 0.3) is 0 Å². The summed E-state index contributed by atoms with van der Waals surface area (Å²) in [6.45, 7) is 8.24. The maximum Gasteiger partial charge on any atom is 0.415 e. The third-order valence-corrected chi connectivity index (χ3v) is 3.67. The number of carbonyl (C=O) groups excluding carboxylic acids is 2. The molecule has 1 aromatic rings. The van der Waals surface area contributed by atoms with Gasteiger partial charge < -0.3 is 25.4 Å². The quantitative estimate of drug-likeness (QED) is 0.796. The molecule has 7 heteroatoms. The Balaban J connectivity index is 1.86. The molecular formula is C18H27N3O4. The summed E-state index contributed by atoms with van der Waals surface area (Å²) >= 11 is 0. The van der Waals surface area contributed by atoms with Crippen molar-refractivity contribution >= 4 is 12.1 Å². The zero-order chi connectivity index (χ0) is 18.4. The van der Waals surface area contributed by atoms with Gasteiger partial charge in [0.25, 0.3) is 0 Å². The van der Waals surface area contributed by atoms with Crippen molar-refractivity contribution in [2.24, 2.45) is 5.73 Å². The fourth-order valence-corrected chi connectivity index (χ4v) is 2.42. The van der Waals surface area contributed by atoms with Gasteiger partial charge in [-0.15, -0.1) is 0 Å². The molecule has 2 rings (SSSR count). The standard InChI is InChI=1S/C18H27N3O4/c1-18(2,3)25-16(22)15(19)12-13-4-6-14(7-5-13)24-17(23)21-10-8-20-9-11-21/h4-7,15,20H,8-12,19H2,1-3H3/t15-/m0/s1. The average molecular weight is 349 g/mol. The van der Waals surface area contributed by atoms with Gasteiger partial charge in [0.15, 0.2) is 0 Å². The first-order valence-electron chi connectivity index (χ1n) is 8.49. The van der Waals surface area contributed by atoms with Crippen molar-refractivity contribution in [3.8, 4) is 5.75 Å². The number of amides is 1. The molecule has 7 nitrogen and oxygen atoms in total. The minimum Gasteiger partial charge on any atom is -0.459 e. The molecule has 1 heterocycles. The highest BCUT2D eigenvalue weighted by molar-refractivity contribution is 5.76. The van der Waals surface area contributed by atoms with Gasteiger partial charge in [0, 0.05) is 26.2 Å². The fourth-order valence-electron chi connectivity index (χ4n) is 2.42. The van der Waals surface area contributed by atoms with E-state index in [-0.39, 0.29) is 6.09 Å². The Bertz CT molecular complexity index is 589. The van der Waals surface area contributed by atoms with Crippen molar-refractivity contribution in [1.29, 1.82) is 0 Å². The number of piperazine rings is 1. The molecule has 1 amide bonds. The van der Waals surface area contributed by atoms with Gasteiger partial charge in [-0.05, 0) is 44.9 Å². The molecular weight excluding hydrogens is 322 g/mol. The summed E-state index contributed by atoms with van der Waals surface area (Å²) in [4.78, 5) is 25.6. The largest absolute Gasteiger partial charge is 0.459 e. The molecule has 0 aliphatic carbocycles. The second kappa shape index (κ2) is 8.31. The molecule has 1 aliphatic heterocycles. The van der Waals surface area contributed by atoms with Gasteiger partial charge in [-0.1, -0.05) is 12.1 Å². The lowest BCUT2D eigenvalue weighted by Crippen LogP contribution is -2.47. The summed E-state index contributed by atoms with van der Waals surface area (Å²) in [5.41, 5.74) is 6.22. The van der Waals surface area contributed by atoms with Crippen LogP contribution in [0.15, 0.2) is 24.3 Å². The number of nitrogens with one attached hydrogen (secondary N) is 1. The van der Waals surface area contributed by atoms with E-state index in [1.54, 1.807) is 49.9 Å². The Labute approximate surface area is 148 Å². The molecule has 1 aromatic carbocycles. The molecule has 1 fully saturated rings. The van der Waals surface area contributed by atoms with Crippen LogP contribution in [0.3, 0.4) is 0 Å². The maximum atomic E-state index is 12.0. The number of nitrogens with two attached hydrogens (primary N) is 1. The van der Waals surface area contributed by atoms with Crippen LogP contribution in [0, 0.1) is 0 Å². The number of rotatable bonds is 4. The smallest absolute Gasteiger partial charge is 0.415 e. The zero-order valence-corrected chi connectivity index (χ0v) is 15.1. The third-order valence-electron chi connectivity index (χ3n) is 3.67. The average Bonchev–Trinajstić information content (AvgIpc) is 2.56. The van der Waals surface area contributed by atoms with Crippen LogP contribution in [0.2, 0.25) is 0 Å². The van der Waals surface area contributed by atoms with Crippen molar-refractivity contribution in [1.82, 2.24) is 10.2 Å². The summed E-state index contributed by atoms with van der Waals surface area (Å²) in [5.74, 6) is 0.0415. The molecule has 1 saturated heterocycles. The van der Waals surface area contributed by atoms with E-state index in [0.29, 0.717) is 25.3 Å². The SMILES string of the molecule is CC(C)(C)OC(=O)[C@@H](N)Cc1ccc(OC(=O)N2CCNCC2)cc1. The fraction of sp³-hybridized carbons (Fsp3) is 0.556. The van der Waals surface area contributed by atoms with Crippen LogP contribution in [0.4, 0.5) is 4.79 Å². The number of esters is 1. The lowest BCUT2D eigenvalue weighted by Gasteiger charge is -2.26. The van der Waals surface area contributed by atoms with E-state index in [1.807, 2.05) is 0 Å². The topological polar surface area (TPSA) is 93.9 Å². The number of hydrogen-bond acceptors (Lipinski definition) is 6. The highest BCUT2D eigenvalue weighted by Crippen LogP contribution is 2.16. The predicted octanol–water partition coefficient (Wildman–Crippen LogP) is 1.30. The summed E-state index contributed by atoms with van der Waals surface area (Å²) in [7, 11) is 0. The minimum atomic E-state index is -0.728. The lowest BCUT2D eigenvalue weighted by atomic mass is 10.1. The lowest BCUT2D eigenvalue weighted by molar-refractivity contribution is -0.156. The molecule has 25 heavy (non-hydrogen) atoms. The first kappa shape index (κ1) is 19.2. The highest BCUT2D eigenvalue weighted by Gasteiger charge is 2.22. The van der Waals surface area contributed by atoms with Crippen LogP contribution < -0.4 is 15.8 Å². The number of carbonyl (C=O) groups is 2. The monoisotopic (exact) mass is 349 g/mol. The van der Waals surface area contributed by atoms with Crippen molar-refractivity contribution in [3.63, 3.8) is 0 Å². The molecule has 138 valence electrons. The first-order chi connectivity index (χ1) is 11.7. The maximum absolute atomic E-state index is 12.0. The van der Waals surface area contributed by atoms with Crippen molar-refractivity contribution < 1.29 is 19.1 Å². The van der Waals surface area contributed by atoms with E-state index >= 15 is 0 Å². The molecule has 3 N–H and O–H groups in total. The molecule has 1 atom stereocenters. The Morgan fingerprint density at radius 1 is 1.20 bits per heavy atom. The molecule has 0 unspecified atom stereocenters. The number of nitrogens with zero attached hydrogens (tertiary/aromatic N) is 1. The molecule has 0 saturated carbocycles. The predicted molar refractivity (Wildman–Crippen MR) is 94.4 cm³/mol. The Morgan fingerprint density at radius 2 is 1.80 bits per heavy atom. The summed E-state index contributed by atoms with van der Waals surface area (Å²) in [5, 5.41) is 3.18. The number of hydrogen-bond donors (Lipinski definition) is 2. The van der Waals surface area contributed by atoms with Crippen LogP contribution in [0.1, 0.15) is 26.3 Å². The molecule has 0 spiro atoms. The van der Waals surface area contributed by atoms with E-state index in [0.717, 1.165) is 18.7 Å². The van der Waals surface area contributed by atoms with Crippen LogP contribution in [-0.4, -0.2) is 54.8 Å². The van der Waals surface area contributed by atoms with E-state index in [1.165, 1.54) is 0 Å². The van der Waals surface area contributed by atoms with E-state index in [9.17, 15) is 9.59 Å². The summed E-state index contributed by atoms with van der Waals surface area (Å²) in [6.07, 6.45) is 0.0145. The second-order valence-corrected chi connectivity index (χ2v) is 7.09. The second-order valence-electron chi connectivity index (χ2n) is 7.09. The molecule has 0 radical (unpaired) electrons. The van der Waals surface area contributed by atoms with Gasteiger partial charge in [-0.25, -0.2) is 4.79 Å². The van der Waals surface area contributed by atoms with E-state index in [2.05, 4.69) is 5.32 Å². The van der Waals surface area contributed by atoms with Crippen molar-refractivity contribution in [3.05, 3.63) is 29.8 Å². The molecule has 0 aromatic heterocycles. The third kappa shape index (κ3) is 6.36. The van der Waals surface area contributed by atoms with Crippen LogP contribution in [0.5, 0.6) is 5.75 Å².